The van der Waals surface area contributed by atoms with Gasteiger partial charge in [0.2, 0.25) is 21.8 Å². The van der Waals surface area contributed by atoms with Crippen LogP contribution in [-0.4, -0.2) is 92.4 Å². The number of nitrogens with zero attached hydrogens (tertiary/aromatic N) is 1. The fraction of sp³-hybridized carbons (Fsp3) is 0.429. The van der Waals surface area contributed by atoms with E-state index >= 15 is 0 Å². The summed E-state index contributed by atoms with van der Waals surface area (Å²) >= 11 is 11.6. The topological polar surface area (TPSA) is 220 Å². The second-order valence-electron chi connectivity index (χ2n) is 8.88. The van der Waals surface area contributed by atoms with Crippen LogP contribution in [0.25, 0.3) is 0 Å². The van der Waals surface area contributed by atoms with Crippen LogP contribution in [0, 0.1) is 0 Å². The number of carbonyl (C=O) groups excluding carboxylic acids is 4. The summed E-state index contributed by atoms with van der Waals surface area (Å²) in [4.78, 5) is 44.5. The molecule has 0 aliphatic carbocycles. The van der Waals surface area contributed by atoms with Gasteiger partial charge in [-0.05, 0) is 56.0 Å². The lowest BCUT2D eigenvalue weighted by molar-refractivity contribution is -0.139. The van der Waals surface area contributed by atoms with E-state index in [1.54, 1.807) is 0 Å². The lowest BCUT2D eigenvalue weighted by atomic mass is 10.3. The Labute approximate surface area is 308 Å². The average molecular weight is 816 g/mol. The SMILES string of the molecule is CC(=O)Nc1ccc(S(=O)(=O)Cl)cc1Cl.CCN(CC)CC.COC(=O)CN.COC(=O)CNS(=O)(=O)c1ccc(NC(C)=O)c(Cl)c1.Cl. The molecule has 0 atom stereocenters. The number of nitrogens with two attached hydrogens (primary N) is 1. The fourth-order valence-corrected chi connectivity index (χ4v) is 5.31. The highest BCUT2D eigenvalue weighted by Gasteiger charge is 2.17. The Morgan fingerprint density at radius 3 is 1.41 bits per heavy atom. The van der Waals surface area contributed by atoms with Gasteiger partial charge >= 0.3 is 11.9 Å². The molecule has 49 heavy (non-hydrogen) atoms. The molecule has 2 rings (SSSR count). The Morgan fingerprint density at radius 2 is 1.14 bits per heavy atom. The van der Waals surface area contributed by atoms with Crippen molar-refractivity contribution in [3.63, 3.8) is 0 Å². The second-order valence-corrected chi connectivity index (χ2v) is 14.0. The number of carbonyl (C=O) groups is 4. The number of methoxy groups -OCH3 is 2. The van der Waals surface area contributed by atoms with Gasteiger partial charge in [-0.25, -0.2) is 16.8 Å². The number of benzene rings is 2. The van der Waals surface area contributed by atoms with E-state index in [0.717, 1.165) is 7.11 Å². The standard InChI is InChI=1S/C11H13ClN2O5S.C8H7Cl2NO3S.C6H15N.C3H7NO2.ClH/c1-7(15)14-10-4-3-8(5-9(10)12)20(17,18)13-6-11(16)19-2;1-5(12)11-8-3-2-6(4-7(8)9)15(10,13)14;1-4-7(5-2)6-3;1-6-3(5)2-4;/h3-5,13H,6H2,1-2H3,(H,14,15);2-4H,1H3,(H,11,12);4-6H2,1-3H3;2,4H2,1H3;1H. The van der Waals surface area contributed by atoms with Crippen LogP contribution < -0.4 is 21.1 Å². The monoisotopic (exact) mass is 813 g/mol. The van der Waals surface area contributed by atoms with Gasteiger partial charge in [-0.15, -0.1) is 12.4 Å². The molecule has 5 N–H and O–H groups in total. The van der Waals surface area contributed by atoms with Gasteiger partial charge in [0, 0.05) is 24.5 Å². The number of hydrogen-bond donors (Lipinski definition) is 4. The number of esters is 2. The van der Waals surface area contributed by atoms with Crippen LogP contribution in [0.2, 0.25) is 10.0 Å². The maximum Gasteiger partial charge on any atom is 0.320 e. The Balaban J connectivity index is -0.000000639. The molecule has 0 aliphatic heterocycles. The molecule has 0 aliphatic rings. The fourth-order valence-electron chi connectivity index (χ4n) is 2.96. The van der Waals surface area contributed by atoms with Gasteiger partial charge in [0.15, 0.2) is 0 Å². The van der Waals surface area contributed by atoms with Gasteiger partial charge in [-0.1, -0.05) is 44.0 Å². The smallest absolute Gasteiger partial charge is 0.320 e. The second kappa shape index (κ2) is 26.1. The van der Waals surface area contributed by atoms with E-state index in [1.165, 1.54) is 77.0 Å². The number of nitrogens with one attached hydrogen (secondary N) is 3. The zero-order valence-electron chi connectivity index (χ0n) is 28.0. The number of ether oxygens (including phenoxy) is 2. The van der Waals surface area contributed by atoms with Crippen LogP contribution in [0.1, 0.15) is 34.6 Å². The molecule has 2 amide bonds. The molecule has 21 heteroatoms. The molecule has 0 heterocycles. The largest absolute Gasteiger partial charge is 0.468 e. The van der Waals surface area contributed by atoms with E-state index in [4.69, 9.17) is 39.6 Å². The summed E-state index contributed by atoms with van der Waals surface area (Å²) in [5.41, 5.74) is 5.45. The van der Waals surface area contributed by atoms with E-state index in [2.05, 4.69) is 50.5 Å². The minimum atomic E-state index is -3.88. The molecule has 0 saturated heterocycles. The summed E-state index contributed by atoms with van der Waals surface area (Å²) in [7, 11) is -0.112. The Hall–Kier alpha value is -2.74. The van der Waals surface area contributed by atoms with Gasteiger partial charge in [-0.2, -0.15) is 4.72 Å². The first-order valence-electron chi connectivity index (χ1n) is 13.9. The van der Waals surface area contributed by atoms with Crippen molar-refractivity contribution in [3.05, 3.63) is 46.4 Å². The highest BCUT2D eigenvalue weighted by molar-refractivity contribution is 8.13. The molecule has 15 nitrogen and oxygen atoms in total. The van der Waals surface area contributed by atoms with E-state index in [9.17, 15) is 36.0 Å². The molecule has 2 aromatic carbocycles. The maximum atomic E-state index is 11.9. The van der Waals surface area contributed by atoms with Crippen molar-refractivity contribution in [3.8, 4) is 0 Å². The number of halogens is 4. The zero-order valence-corrected chi connectivity index (χ0v) is 32.7. The van der Waals surface area contributed by atoms with Crippen molar-refractivity contribution in [1.29, 1.82) is 0 Å². The highest BCUT2D eigenvalue weighted by Crippen LogP contribution is 2.27. The Bertz CT molecular complexity index is 1570. The number of rotatable bonds is 11. The first-order chi connectivity index (χ1) is 22.2. The van der Waals surface area contributed by atoms with Crippen LogP contribution in [0.3, 0.4) is 0 Å². The van der Waals surface area contributed by atoms with Crippen molar-refractivity contribution >= 4 is 100 Å². The van der Waals surface area contributed by atoms with Crippen molar-refractivity contribution in [1.82, 2.24) is 9.62 Å². The molecule has 0 spiro atoms. The molecule has 0 aromatic heterocycles. The van der Waals surface area contributed by atoms with Gasteiger partial charge in [0.1, 0.15) is 6.54 Å². The van der Waals surface area contributed by atoms with Crippen LogP contribution in [0.4, 0.5) is 11.4 Å². The number of sulfonamides is 1. The average Bonchev–Trinajstić information content (AvgIpc) is 3.02. The minimum absolute atomic E-state index is 0. The summed E-state index contributed by atoms with van der Waals surface area (Å²) < 4.78 is 56.2. The molecule has 280 valence electrons. The predicted molar refractivity (Wildman–Crippen MR) is 194 cm³/mol. The number of anilines is 2. The van der Waals surface area contributed by atoms with Crippen molar-refractivity contribution in [2.45, 2.75) is 44.4 Å². The quantitative estimate of drug-likeness (QED) is 0.188. The number of hydrogen-bond acceptors (Lipinski definition) is 12. The van der Waals surface area contributed by atoms with Gasteiger partial charge in [-0.3, -0.25) is 19.2 Å². The molecular formula is C28H43Cl4N5O10S2. The van der Waals surface area contributed by atoms with Crippen LogP contribution in [0.5, 0.6) is 0 Å². The molecular weight excluding hydrogens is 772 g/mol. The summed E-state index contributed by atoms with van der Waals surface area (Å²) in [6.45, 7) is 12.2. The van der Waals surface area contributed by atoms with Crippen LogP contribution in [-0.2, 0) is 47.7 Å². The van der Waals surface area contributed by atoms with Crippen molar-refractivity contribution < 1.29 is 45.5 Å². The van der Waals surface area contributed by atoms with Gasteiger partial charge in [0.05, 0.1) is 52.0 Å². The van der Waals surface area contributed by atoms with E-state index in [-0.39, 0.29) is 56.6 Å². The molecule has 0 fully saturated rings. The molecule has 0 unspecified atom stereocenters. The lowest BCUT2D eigenvalue weighted by Gasteiger charge is -2.13. The van der Waals surface area contributed by atoms with Gasteiger partial charge < -0.3 is 30.7 Å². The Kier molecular flexibility index (Phi) is 27.0. The number of amides is 2. The lowest BCUT2D eigenvalue weighted by Crippen LogP contribution is -2.30. The van der Waals surface area contributed by atoms with Crippen molar-refractivity contribution in [2.75, 3.05) is 57.6 Å². The van der Waals surface area contributed by atoms with E-state index in [1.807, 2.05) is 0 Å². The van der Waals surface area contributed by atoms with E-state index < -0.39 is 31.6 Å². The molecule has 2 aromatic rings. The normalized spacial score (nSPS) is 10.3. The summed E-state index contributed by atoms with van der Waals surface area (Å²) in [6.07, 6.45) is 0. The highest BCUT2D eigenvalue weighted by atomic mass is 35.7. The summed E-state index contributed by atoms with van der Waals surface area (Å²) in [6, 6.07) is 7.60. The zero-order chi connectivity index (χ0) is 37.7. The Morgan fingerprint density at radius 1 is 0.755 bits per heavy atom. The third-order valence-corrected chi connectivity index (χ3v) is 8.84. The first kappa shape index (κ1) is 50.6. The first-order valence-corrected chi connectivity index (χ1v) is 18.4. The minimum Gasteiger partial charge on any atom is -0.468 e. The summed E-state index contributed by atoms with van der Waals surface area (Å²) in [5.74, 6) is -1.71. The van der Waals surface area contributed by atoms with Gasteiger partial charge in [0.25, 0.3) is 9.05 Å². The third-order valence-electron chi connectivity index (χ3n) is 5.46. The third kappa shape index (κ3) is 22.6. The maximum absolute atomic E-state index is 11.9. The summed E-state index contributed by atoms with van der Waals surface area (Å²) in [5, 5.41) is 5.08. The van der Waals surface area contributed by atoms with Crippen molar-refractivity contribution in [2.24, 2.45) is 5.73 Å². The molecule has 0 radical (unpaired) electrons. The molecule has 0 bridgehead atoms. The molecule has 0 saturated carbocycles. The van der Waals surface area contributed by atoms with Crippen LogP contribution in [0.15, 0.2) is 46.2 Å². The van der Waals surface area contributed by atoms with Crippen LogP contribution >= 0.6 is 46.3 Å². The predicted octanol–water partition coefficient (Wildman–Crippen LogP) is 3.86. The van der Waals surface area contributed by atoms with E-state index in [0.29, 0.717) is 11.4 Å².